The molecule has 0 aromatic heterocycles. The maximum atomic E-state index is 7.29. The molecule has 1 rings (SSSR count). The number of rotatable bonds is 0. The largest absolute Gasteiger partial charge is 0.301 e. The monoisotopic (exact) mass is 113 g/mol. The lowest BCUT2D eigenvalue weighted by Gasteiger charge is -2.23. The van der Waals surface area contributed by atoms with E-state index in [0.29, 0.717) is 0 Å². The van der Waals surface area contributed by atoms with E-state index in [-0.39, 0.29) is 6.17 Å². The van der Waals surface area contributed by atoms with Crippen LogP contribution in [0.2, 0.25) is 0 Å². The molecule has 0 aliphatic carbocycles. The molecule has 2 unspecified atom stereocenters. The van der Waals surface area contributed by atoms with Crippen LogP contribution in [0.5, 0.6) is 0 Å². The summed E-state index contributed by atoms with van der Waals surface area (Å²) in [5.41, 5.74) is 7.29. The van der Waals surface area contributed by atoms with Gasteiger partial charge >= 0.3 is 0 Å². The Bertz CT molecular complexity index is 64.9. The molecule has 0 bridgehead atoms. The van der Waals surface area contributed by atoms with E-state index in [1.54, 1.807) is 0 Å². The molecule has 1 radical (unpaired) electrons. The van der Waals surface area contributed by atoms with Gasteiger partial charge in [0.2, 0.25) is 0 Å². The highest BCUT2D eigenvalue weighted by atomic mass is 15.0. The van der Waals surface area contributed by atoms with Gasteiger partial charge in [0.05, 0.1) is 6.17 Å². The summed E-state index contributed by atoms with van der Waals surface area (Å²) in [5.74, 6) is 0.763. The Morgan fingerprint density at radius 3 is 2.75 bits per heavy atom. The third-order valence-electron chi connectivity index (χ3n) is 1.67. The van der Waals surface area contributed by atoms with Gasteiger partial charge in [0.15, 0.2) is 0 Å². The molecule has 1 aliphatic rings. The second kappa shape index (κ2) is 2.46. The second-order valence-electron chi connectivity index (χ2n) is 2.64. The van der Waals surface area contributed by atoms with Crippen molar-refractivity contribution in [2.24, 2.45) is 5.92 Å². The molecule has 1 heterocycles. The Hall–Kier alpha value is -0.0800. The first kappa shape index (κ1) is 6.05. The van der Waals surface area contributed by atoms with Crippen molar-refractivity contribution in [1.82, 2.24) is 11.1 Å². The van der Waals surface area contributed by atoms with Gasteiger partial charge in [0.25, 0.3) is 0 Å². The quantitative estimate of drug-likeness (QED) is 0.491. The second-order valence-corrected chi connectivity index (χ2v) is 2.64. The fourth-order valence-electron chi connectivity index (χ4n) is 1.11. The topological polar surface area (TPSA) is 35.8 Å². The molecule has 0 spiro atoms. The summed E-state index contributed by atoms with van der Waals surface area (Å²) >= 11 is 0. The van der Waals surface area contributed by atoms with Crippen LogP contribution in [0, 0.1) is 5.92 Å². The van der Waals surface area contributed by atoms with Crippen molar-refractivity contribution in [3.05, 3.63) is 0 Å². The van der Waals surface area contributed by atoms with Crippen molar-refractivity contribution in [3.63, 3.8) is 0 Å². The van der Waals surface area contributed by atoms with E-state index < -0.39 is 0 Å². The molecule has 0 aromatic carbocycles. The van der Waals surface area contributed by atoms with Crippen molar-refractivity contribution in [2.45, 2.75) is 25.9 Å². The molecule has 2 N–H and O–H groups in total. The van der Waals surface area contributed by atoms with Crippen LogP contribution in [0.25, 0.3) is 0 Å². The average molecular weight is 113 g/mol. The van der Waals surface area contributed by atoms with E-state index in [9.17, 15) is 0 Å². The van der Waals surface area contributed by atoms with Crippen LogP contribution in [-0.4, -0.2) is 12.7 Å². The molecule has 1 saturated heterocycles. The van der Waals surface area contributed by atoms with E-state index >= 15 is 0 Å². The fraction of sp³-hybridized carbons (Fsp3) is 1.00. The number of nitrogens with one attached hydrogen (secondary N) is 2. The van der Waals surface area contributed by atoms with Gasteiger partial charge in [0.1, 0.15) is 0 Å². The highest BCUT2D eigenvalue weighted by molar-refractivity contribution is 4.69. The van der Waals surface area contributed by atoms with E-state index in [4.69, 9.17) is 5.73 Å². The van der Waals surface area contributed by atoms with Crippen LogP contribution in [0.15, 0.2) is 0 Å². The highest BCUT2D eigenvalue weighted by Crippen LogP contribution is 2.12. The maximum Gasteiger partial charge on any atom is 0.0707 e. The fourth-order valence-corrected chi connectivity index (χ4v) is 1.11. The Morgan fingerprint density at radius 2 is 2.38 bits per heavy atom. The predicted octanol–water partition coefficient (Wildman–Crippen LogP) is 0.615. The van der Waals surface area contributed by atoms with E-state index in [1.165, 1.54) is 6.42 Å². The zero-order valence-corrected chi connectivity index (χ0v) is 5.28. The van der Waals surface area contributed by atoms with Crippen molar-refractivity contribution < 1.29 is 0 Å². The standard InChI is InChI=1S/C6H13N2/c1-5-2-3-8-6(7)4-5/h5-8H,2-4H2,1H3. The first-order valence-corrected chi connectivity index (χ1v) is 3.23. The summed E-state index contributed by atoms with van der Waals surface area (Å²) < 4.78 is 0. The summed E-state index contributed by atoms with van der Waals surface area (Å²) in [7, 11) is 0. The van der Waals surface area contributed by atoms with Gasteiger partial charge in [-0.05, 0) is 25.3 Å². The summed E-state index contributed by atoms with van der Waals surface area (Å²) in [6, 6.07) is 0. The summed E-state index contributed by atoms with van der Waals surface area (Å²) in [5, 5.41) is 3.08. The number of hydrogen-bond acceptors (Lipinski definition) is 1. The lowest BCUT2D eigenvalue weighted by molar-refractivity contribution is 0.319. The molecule has 2 heteroatoms. The van der Waals surface area contributed by atoms with Crippen LogP contribution in [0.3, 0.4) is 0 Å². The zero-order chi connectivity index (χ0) is 5.98. The molecule has 0 aromatic rings. The first-order chi connectivity index (χ1) is 3.79. The maximum absolute atomic E-state index is 7.29. The Kier molecular flexibility index (Phi) is 1.86. The minimum atomic E-state index is 0.0127. The average Bonchev–Trinajstić information content (AvgIpc) is 1.64. The first-order valence-electron chi connectivity index (χ1n) is 3.23. The Labute approximate surface area is 50.4 Å². The predicted molar refractivity (Wildman–Crippen MR) is 33.3 cm³/mol. The summed E-state index contributed by atoms with van der Waals surface area (Å²) in [4.78, 5) is 0. The van der Waals surface area contributed by atoms with Crippen molar-refractivity contribution in [3.8, 4) is 0 Å². The lowest BCUT2D eigenvalue weighted by atomic mass is 9.99. The minimum Gasteiger partial charge on any atom is -0.301 e. The smallest absolute Gasteiger partial charge is 0.0707 e. The van der Waals surface area contributed by atoms with Crippen LogP contribution in [0.1, 0.15) is 19.8 Å². The number of piperidine rings is 1. The van der Waals surface area contributed by atoms with Crippen molar-refractivity contribution >= 4 is 0 Å². The van der Waals surface area contributed by atoms with E-state index in [2.05, 4.69) is 12.2 Å². The molecular weight excluding hydrogens is 100 g/mol. The van der Waals surface area contributed by atoms with Gasteiger partial charge < -0.3 is 5.32 Å². The van der Waals surface area contributed by atoms with Gasteiger partial charge in [-0.1, -0.05) is 6.92 Å². The van der Waals surface area contributed by atoms with Crippen molar-refractivity contribution in [1.29, 1.82) is 0 Å². The van der Waals surface area contributed by atoms with Crippen LogP contribution in [-0.2, 0) is 0 Å². The Morgan fingerprint density at radius 1 is 1.62 bits per heavy atom. The number of hydrogen-bond donors (Lipinski definition) is 1. The van der Waals surface area contributed by atoms with Gasteiger partial charge in [-0.25, -0.2) is 5.73 Å². The summed E-state index contributed by atoms with van der Waals surface area (Å²) in [6.07, 6.45) is 2.29. The van der Waals surface area contributed by atoms with E-state index in [1.807, 2.05) is 0 Å². The molecule has 0 amide bonds. The summed E-state index contributed by atoms with van der Waals surface area (Å²) in [6.45, 7) is 3.25. The van der Waals surface area contributed by atoms with Gasteiger partial charge in [-0.15, -0.1) is 0 Å². The molecule has 1 fully saturated rings. The van der Waals surface area contributed by atoms with Crippen LogP contribution >= 0.6 is 0 Å². The highest BCUT2D eigenvalue weighted by Gasteiger charge is 2.13. The normalized spacial score (nSPS) is 39.8. The third kappa shape index (κ3) is 1.46. The third-order valence-corrected chi connectivity index (χ3v) is 1.67. The van der Waals surface area contributed by atoms with Crippen LogP contribution < -0.4 is 11.1 Å². The molecule has 2 nitrogen and oxygen atoms in total. The SMILES string of the molecule is CC1CCNC([NH])C1. The van der Waals surface area contributed by atoms with Crippen molar-refractivity contribution in [2.75, 3.05) is 6.54 Å². The minimum absolute atomic E-state index is 0.0127. The van der Waals surface area contributed by atoms with Crippen LogP contribution in [0.4, 0.5) is 0 Å². The molecule has 47 valence electrons. The lowest BCUT2D eigenvalue weighted by Crippen LogP contribution is -2.38. The zero-order valence-electron chi connectivity index (χ0n) is 5.28. The Balaban J connectivity index is 2.23. The molecule has 0 saturated carbocycles. The molecule has 1 aliphatic heterocycles. The molecular formula is C6H13N2. The van der Waals surface area contributed by atoms with Gasteiger partial charge in [-0.3, -0.25) is 0 Å². The van der Waals surface area contributed by atoms with Gasteiger partial charge in [0, 0.05) is 0 Å². The molecule has 8 heavy (non-hydrogen) atoms. The molecule has 2 atom stereocenters. The van der Waals surface area contributed by atoms with Gasteiger partial charge in [-0.2, -0.15) is 0 Å². The van der Waals surface area contributed by atoms with E-state index in [0.717, 1.165) is 18.9 Å².